The zero-order valence-electron chi connectivity index (χ0n) is 11.2. The minimum atomic E-state index is -4.14. The van der Waals surface area contributed by atoms with Gasteiger partial charge in [0.2, 0.25) is 0 Å². The second-order valence-electron chi connectivity index (χ2n) is 4.62. The topological polar surface area (TPSA) is 32.3 Å². The van der Waals surface area contributed by atoms with E-state index in [4.69, 9.17) is 0 Å². The summed E-state index contributed by atoms with van der Waals surface area (Å²) in [5.41, 5.74) is 0. The van der Waals surface area contributed by atoms with Crippen LogP contribution in [-0.4, -0.2) is 54.3 Å². The summed E-state index contributed by atoms with van der Waals surface area (Å²) in [7, 11) is 1.61. The fraction of sp³-hybridized carbons (Fsp3) is 0.667. The van der Waals surface area contributed by atoms with E-state index >= 15 is 0 Å². The lowest BCUT2D eigenvalue weighted by atomic mass is 10.3. The Morgan fingerprint density at radius 3 is 2.65 bits per heavy atom. The highest BCUT2D eigenvalue weighted by atomic mass is 32.2. The van der Waals surface area contributed by atoms with Crippen LogP contribution in [0.4, 0.5) is 24.8 Å². The van der Waals surface area contributed by atoms with Gasteiger partial charge in [0.05, 0.1) is 6.42 Å². The molecular weight excluding hydrogens is 289 g/mol. The van der Waals surface area contributed by atoms with Crippen molar-refractivity contribution in [1.29, 1.82) is 0 Å². The van der Waals surface area contributed by atoms with Crippen molar-refractivity contribution in [2.75, 3.05) is 48.0 Å². The molecule has 1 fully saturated rings. The predicted molar refractivity (Wildman–Crippen MR) is 75.5 cm³/mol. The quantitative estimate of drug-likeness (QED) is 0.853. The molecule has 0 aliphatic carbocycles. The van der Waals surface area contributed by atoms with Crippen LogP contribution in [0.25, 0.3) is 0 Å². The van der Waals surface area contributed by atoms with E-state index in [1.807, 2.05) is 11.8 Å². The first-order valence-electron chi connectivity index (χ1n) is 6.38. The van der Waals surface area contributed by atoms with Gasteiger partial charge in [-0.15, -0.1) is 0 Å². The highest BCUT2D eigenvalue weighted by Crippen LogP contribution is 2.23. The van der Waals surface area contributed by atoms with Crippen molar-refractivity contribution in [2.45, 2.75) is 12.6 Å². The fourth-order valence-electron chi connectivity index (χ4n) is 1.92. The second-order valence-corrected chi connectivity index (χ2v) is 5.85. The predicted octanol–water partition coefficient (Wildman–Crippen LogP) is 2.42. The van der Waals surface area contributed by atoms with Crippen molar-refractivity contribution >= 4 is 23.4 Å². The molecular formula is C12H17F3N4S. The van der Waals surface area contributed by atoms with Crippen LogP contribution >= 0.6 is 11.8 Å². The molecule has 1 saturated heterocycles. The number of hydrogen-bond acceptors (Lipinski definition) is 5. The average Bonchev–Trinajstić information content (AvgIpc) is 2.45. The zero-order chi connectivity index (χ0) is 14.6. The van der Waals surface area contributed by atoms with E-state index in [9.17, 15) is 13.2 Å². The summed E-state index contributed by atoms with van der Waals surface area (Å²) in [6, 6.07) is 1.76. The van der Waals surface area contributed by atoms with Crippen molar-refractivity contribution in [3.8, 4) is 0 Å². The highest BCUT2D eigenvalue weighted by Gasteiger charge is 2.27. The summed E-state index contributed by atoms with van der Waals surface area (Å²) in [4.78, 5) is 11.9. The van der Waals surface area contributed by atoms with Crippen molar-refractivity contribution in [1.82, 2.24) is 9.97 Å². The largest absolute Gasteiger partial charge is 0.390 e. The van der Waals surface area contributed by atoms with Gasteiger partial charge in [0.25, 0.3) is 0 Å². The number of halogens is 3. The summed E-state index contributed by atoms with van der Waals surface area (Å²) in [5, 5.41) is 0. The smallest absolute Gasteiger partial charge is 0.359 e. The van der Waals surface area contributed by atoms with Crippen LogP contribution in [0.5, 0.6) is 0 Å². The number of alkyl halides is 3. The summed E-state index contributed by atoms with van der Waals surface area (Å²) >= 11 is 1.89. The lowest BCUT2D eigenvalue weighted by molar-refractivity contribution is -0.132. The van der Waals surface area contributed by atoms with Crippen molar-refractivity contribution in [2.24, 2.45) is 0 Å². The van der Waals surface area contributed by atoms with Gasteiger partial charge in [-0.1, -0.05) is 0 Å². The maximum Gasteiger partial charge on any atom is 0.390 e. The number of anilines is 2. The molecule has 20 heavy (non-hydrogen) atoms. The van der Waals surface area contributed by atoms with Gasteiger partial charge < -0.3 is 9.80 Å². The molecule has 1 aromatic heterocycles. The van der Waals surface area contributed by atoms with Crippen molar-refractivity contribution in [3.05, 3.63) is 12.4 Å². The minimum absolute atomic E-state index is 0.101. The van der Waals surface area contributed by atoms with Crippen LogP contribution in [0.1, 0.15) is 6.42 Å². The first-order chi connectivity index (χ1) is 9.46. The summed E-state index contributed by atoms with van der Waals surface area (Å²) in [6.45, 7) is 1.72. The number of nitrogens with zero attached hydrogens (tertiary/aromatic N) is 4. The molecule has 0 N–H and O–H groups in total. The van der Waals surface area contributed by atoms with Crippen LogP contribution in [0.15, 0.2) is 12.4 Å². The number of thioether (sulfide) groups is 1. The Bertz CT molecular complexity index is 435. The molecule has 0 aromatic carbocycles. The summed E-state index contributed by atoms with van der Waals surface area (Å²) in [5.74, 6) is 3.40. The number of hydrogen-bond donors (Lipinski definition) is 0. The highest BCUT2D eigenvalue weighted by molar-refractivity contribution is 7.99. The Morgan fingerprint density at radius 2 is 2.00 bits per heavy atom. The molecule has 2 heterocycles. The van der Waals surface area contributed by atoms with Gasteiger partial charge in [0.1, 0.15) is 18.0 Å². The Balaban J connectivity index is 2.01. The number of rotatable bonds is 4. The number of aromatic nitrogens is 2. The SMILES string of the molecule is CN(CCC(F)(F)F)c1cc(N2CCSCC2)ncn1. The molecule has 8 heteroatoms. The van der Waals surface area contributed by atoms with E-state index in [2.05, 4.69) is 14.9 Å². The maximum absolute atomic E-state index is 12.2. The minimum Gasteiger partial charge on any atom is -0.359 e. The van der Waals surface area contributed by atoms with Gasteiger partial charge in [-0.05, 0) is 0 Å². The molecule has 0 spiro atoms. The monoisotopic (exact) mass is 306 g/mol. The second kappa shape index (κ2) is 6.51. The molecule has 1 aliphatic heterocycles. The van der Waals surface area contributed by atoms with E-state index in [0.717, 1.165) is 30.4 Å². The van der Waals surface area contributed by atoms with Crippen LogP contribution in [0.3, 0.4) is 0 Å². The zero-order valence-corrected chi connectivity index (χ0v) is 12.0. The van der Waals surface area contributed by atoms with Crippen LogP contribution in [0.2, 0.25) is 0 Å². The third-order valence-corrected chi connectivity index (χ3v) is 4.04. The molecule has 0 atom stereocenters. The van der Waals surface area contributed by atoms with Gasteiger partial charge in [-0.2, -0.15) is 24.9 Å². The third-order valence-electron chi connectivity index (χ3n) is 3.10. The fourth-order valence-corrected chi connectivity index (χ4v) is 2.82. The summed E-state index contributed by atoms with van der Waals surface area (Å²) < 4.78 is 36.7. The van der Waals surface area contributed by atoms with Crippen molar-refractivity contribution < 1.29 is 13.2 Å². The van der Waals surface area contributed by atoms with Gasteiger partial charge >= 0.3 is 6.18 Å². The van der Waals surface area contributed by atoms with E-state index in [1.165, 1.54) is 11.2 Å². The molecule has 0 bridgehead atoms. The Labute approximate surface area is 120 Å². The van der Waals surface area contributed by atoms with Gasteiger partial charge in [0.15, 0.2) is 0 Å². The molecule has 2 rings (SSSR count). The third kappa shape index (κ3) is 4.43. The molecule has 1 aliphatic rings. The Hall–Kier alpha value is -1.18. The lowest BCUT2D eigenvalue weighted by Gasteiger charge is -2.28. The molecule has 0 amide bonds. The Kier molecular flexibility index (Phi) is 4.95. The van der Waals surface area contributed by atoms with E-state index in [0.29, 0.717) is 5.82 Å². The first kappa shape index (κ1) is 15.2. The van der Waals surface area contributed by atoms with Crippen LogP contribution in [0, 0.1) is 0 Å². The normalized spacial score (nSPS) is 16.3. The van der Waals surface area contributed by atoms with Gasteiger partial charge in [0, 0.05) is 44.3 Å². The molecule has 4 nitrogen and oxygen atoms in total. The van der Waals surface area contributed by atoms with Crippen LogP contribution < -0.4 is 9.80 Å². The van der Waals surface area contributed by atoms with E-state index < -0.39 is 12.6 Å². The van der Waals surface area contributed by atoms with Crippen LogP contribution in [-0.2, 0) is 0 Å². The molecule has 0 radical (unpaired) electrons. The van der Waals surface area contributed by atoms with E-state index in [1.54, 1.807) is 13.1 Å². The molecule has 0 unspecified atom stereocenters. The van der Waals surface area contributed by atoms with Gasteiger partial charge in [-0.3, -0.25) is 0 Å². The average molecular weight is 306 g/mol. The molecule has 0 saturated carbocycles. The lowest BCUT2D eigenvalue weighted by Crippen LogP contribution is -2.33. The standard InChI is InChI=1S/C12H17F3N4S/c1-18(3-2-12(13,14)15)10-8-11(17-9-16-10)19-4-6-20-7-5-19/h8-9H,2-7H2,1H3. The molecule has 1 aromatic rings. The Morgan fingerprint density at radius 1 is 1.30 bits per heavy atom. The maximum atomic E-state index is 12.2. The van der Waals surface area contributed by atoms with Crippen molar-refractivity contribution in [3.63, 3.8) is 0 Å². The van der Waals surface area contributed by atoms with E-state index in [-0.39, 0.29) is 6.54 Å². The first-order valence-corrected chi connectivity index (χ1v) is 7.54. The summed E-state index contributed by atoms with van der Waals surface area (Å²) in [6.07, 6.45) is -3.58. The van der Waals surface area contributed by atoms with Gasteiger partial charge in [-0.25, -0.2) is 9.97 Å². The molecule has 112 valence electrons.